The highest BCUT2D eigenvalue weighted by Gasteiger charge is 2.32. The first-order valence-corrected chi connectivity index (χ1v) is 9.24. The van der Waals surface area contributed by atoms with E-state index in [9.17, 15) is 18.8 Å². The Hall–Kier alpha value is -3.08. The highest BCUT2D eigenvalue weighted by molar-refractivity contribution is 7.14. The molecule has 2 heterocycles. The van der Waals surface area contributed by atoms with Crippen molar-refractivity contribution in [1.29, 1.82) is 0 Å². The van der Waals surface area contributed by atoms with Crippen LogP contribution in [0.5, 0.6) is 0 Å². The summed E-state index contributed by atoms with van der Waals surface area (Å²) in [4.78, 5) is 35.3. The summed E-state index contributed by atoms with van der Waals surface area (Å²) < 4.78 is 19.8. The SMILES string of the molecule is CC(=O)NCc1nnc(-c2ccc(N3C[C@H](CNC(C)=O)OC3=O)cc2F)s1. The second-order valence-corrected chi connectivity index (χ2v) is 7.19. The van der Waals surface area contributed by atoms with E-state index in [1.807, 2.05) is 0 Å². The standard InChI is InChI=1S/C17H18FN5O4S/c1-9(24)19-6-12-8-23(17(26)27-12)11-3-4-13(14(18)5-11)16-22-21-15(28-16)7-20-10(2)25/h3-5,12H,6-8H2,1-2H3,(H,19,24)(H,20,25)/t12-/m0/s1. The molecule has 0 unspecified atom stereocenters. The highest BCUT2D eigenvalue weighted by atomic mass is 32.1. The smallest absolute Gasteiger partial charge is 0.414 e. The van der Waals surface area contributed by atoms with Gasteiger partial charge in [0.25, 0.3) is 0 Å². The molecule has 1 aliphatic rings. The lowest BCUT2D eigenvalue weighted by atomic mass is 10.2. The summed E-state index contributed by atoms with van der Waals surface area (Å²) in [5, 5.41) is 14.0. The van der Waals surface area contributed by atoms with Crippen LogP contribution in [0.2, 0.25) is 0 Å². The molecular formula is C17H18FN5O4S. The lowest BCUT2D eigenvalue weighted by molar-refractivity contribution is -0.120. The largest absolute Gasteiger partial charge is 0.442 e. The third-order valence-electron chi connectivity index (χ3n) is 3.90. The van der Waals surface area contributed by atoms with Crippen molar-refractivity contribution in [3.63, 3.8) is 0 Å². The van der Waals surface area contributed by atoms with Crippen LogP contribution < -0.4 is 15.5 Å². The van der Waals surface area contributed by atoms with Gasteiger partial charge in [-0.15, -0.1) is 10.2 Å². The number of hydrogen-bond donors (Lipinski definition) is 2. The summed E-state index contributed by atoms with van der Waals surface area (Å²) in [5.41, 5.74) is 0.595. The zero-order valence-corrected chi connectivity index (χ0v) is 16.0. The number of halogens is 1. The Bertz CT molecular complexity index is 919. The first kappa shape index (κ1) is 19.7. The maximum absolute atomic E-state index is 14.6. The molecular weight excluding hydrogens is 389 g/mol. The summed E-state index contributed by atoms with van der Waals surface area (Å²) in [6.45, 7) is 3.39. The van der Waals surface area contributed by atoms with Crippen LogP contribution in [0.25, 0.3) is 10.6 Å². The molecule has 11 heteroatoms. The fraction of sp³-hybridized carbons (Fsp3) is 0.353. The molecule has 9 nitrogen and oxygen atoms in total. The van der Waals surface area contributed by atoms with Gasteiger partial charge in [-0.25, -0.2) is 9.18 Å². The highest BCUT2D eigenvalue weighted by Crippen LogP contribution is 2.30. The number of ether oxygens (including phenoxy) is 1. The third kappa shape index (κ3) is 4.60. The quantitative estimate of drug-likeness (QED) is 0.749. The van der Waals surface area contributed by atoms with Crippen LogP contribution in [-0.4, -0.2) is 47.3 Å². The lowest BCUT2D eigenvalue weighted by Crippen LogP contribution is -2.33. The van der Waals surface area contributed by atoms with Crippen molar-refractivity contribution in [2.45, 2.75) is 26.5 Å². The van der Waals surface area contributed by atoms with Crippen molar-refractivity contribution >= 4 is 34.9 Å². The molecule has 3 amide bonds. The van der Waals surface area contributed by atoms with E-state index >= 15 is 0 Å². The molecule has 1 aromatic heterocycles. The zero-order valence-electron chi connectivity index (χ0n) is 15.2. The van der Waals surface area contributed by atoms with Gasteiger partial charge in [0.1, 0.15) is 16.9 Å². The minimum Gasteiger partial charge on any atom is -0.442 e. The summed E-state index contributed by atoms with van der Waals surface area (Å²) in [5.74, 6) is -0.973. The fourth-order valence-electron chi connectivity index (χ4n) is 2.58. The van der Waals surface area contributed by atoms with Gasteiger partial charge in [0.15, 0.2) is 5.01 Å². The molecule has 3 rings (SSSR count). The summed E-state index contributed by atoms with van der Waals surface area (Å²) in [6.07, 6.45) is -1.10. The molecule has 0 spiro atoms. The topological polar surface area (TPSA) is 114 Å². The van der Waals surface area contributed by atoms with Gasteiger partial charge in [-0.1, -0.05) is 11.3 Å². The van der Waals surface area contributed by atoms with Crippen molar-refractivity contribution in [1.82, 2.24) is 20.8 Å². The van der Waals surface area contributed by atoms with E-state index in [1.165, 1.54) is 42.2 Å². The van der Waals surface area contributed by atoms with Gasteiger partial charge in [0, 0.05) is 19.4 Å². The Kier molecular flexibility index (Phi) is 5.83. The van der Waals surface area contributed by atoms with Crippen molar-refractivity contribution in [2.24, 2.45) is 0 Å². The van der Waals surface area contributed by atoms with Crippen LogP contribution in [-0.2, 0) is 20.9 Å². The van der Waals surface area contributed by atoms with Gasteiger partial charge < -0.3 is 15.4 Å². The van der Waals surface area contributed by atoms with Crippen LogP contribution in [0.3, 0.4) is 0 Å². The molecule has 2 aromatic rings. The Morgan fingerprint density at radius 3 is 2.71 bits per heavy atom. The van der Waals surface area contributed by atoms with E-state index in [-0.39, 0.29) is 37.0 Å². The minimum atomic E-state index is -0.601. The van der Waals surface area contributed by atoms with E-state index in [4.69, 9.17) is 4.74 Å². The second-order valence-electron chi connectivity index (χ2n) is 6.13. The lowest BCUT2D eigenvalue weighted by Gasteiger charge is -2.14. The van der Waals surface area contributed by atoms with Crippen LogP contribution in [0.1, 0.15) is 18.9 Å². The normalized spacial score (nSPS) is 16.0. The Balaban J connectivity index is 1.71. The van der Waals surface area contributed by atoms with Gasteiger partial charge in [-0.05, 0) is 18.2 Å². The second kappa shape index (κ2) is 8.30. The van der Waals surface area contributed by atoms with Crippen molar-refractivity contribution < 1.29 is 23.5 Å². The van der Waals surface area contributed by atoms with E-state index in [1.54, 1.807) is 6.07 Å². The molecule has 0 radical (unpaired) electrons. The molecule has 1 fully saturated rings. The number of aromatic nitrogens is 2. The number of anilines is 1. The number of hydrogen-bond acceptors (Lipinski definition) is 7. The summed E-state index contributed by atoms with van der Waals surface area (Å²) >= 11 is 1.17. The first-order chi connectivity index (χ1) is 13.3. The van der Waals surface area contributed by atoms with Crippen LogP contribution in [0, 0.1) is 5.82 Å². The van der Waals surface area contributed by atoms with Crippen molar-refractivity contribution in [3.05, 3.63) is 29.0 Å². The number of amides is 3. The van der Waals surface area contributed by atoms with Gasteiger partial charge in [0.05, 0.1) is 25.3 Å². The Labute approximate surface area is 163 Å². The number of rotatable bonds is 6. The average Bonchev–Trinajstić information content (AvgIpc) is 3.24. The maximum Gasteiger partial charge on any atom is 0.414 e. The van der Waals surface area contributed by atoms with Crippen molar-refractivity contribution in [3.8, 4) is 10.6 Å². The molecule has 1 aromatic carbocycles. The zero-order chi connectivity index (χ0) is 20.3. The van der Waals surface area contributed by atoms with Crippen LogP contribution in [0.4, 0.5) is 14.9 Å². The number of carbonyl (C=O) groups is 3. The molecule has 0 saturated carbocycles. The number of benzene rings is 1. The molecule has 0 bridgehead atoms. The number of nitrogens with one attached hydrogen (secondary N) is 2. The third-order valence-corrected chi connectivity index (χ3v) is 4.86. The molecule has 1 atom stereocenters. The number of carbonyl (C=O) groups excluding carboxylic acids is 3. The Morgan fingerprint density at radius 2 is 2.04 bits per heavy atom. The van der Waals surface area contributed by atoms with Gasteiger partial charge in [-0.2, -0.15) is 0 Å². The van der Waals surface area contributed by atoms with Crippen molar-refractivity contribution in [2.75, 3.05) is 18.0 Å². The van der Waals surface area contributed by atoms with Gasteiger partial charge in [0.2, 0.25) is 11.8 Å². The molecule has 0 aliphatic carbocycles. The minimum absolute atomic E-state index is 0.193. The van der Waals surface area contributed by atoms with Crippen LogP contribution >= 0.6 is 11.3 Å². The van der Waals surface area contributed by atoms with Gasteiger partial charge >= 0.3 is 6.09 Å². The van der Waals surface area contributed by atoms with Crippen LogP contribution in [0.15, 0.2) is 18.2 Å². The summed E-state index contributed by atoms with van der Waals surface area (Å²) in [6, 6.07) is 4.34. The molecule has 28 heavy (non-hydrogen) atoms. The number of nitrogens with zero attached hydrogens (tertiary/aromatic N) is 3. The van der Waals surface area contributed by atoms with E-state index in [0.29, 0.717) is 15.7 Å². The van der Waals surface area contributed by atoms with Gasteiger partial charge in [-0.3, -0.25) is 14.5 Å². The maximum atomic E-state index is 14.6. The molecule has 1 saturated heterocycles. The average molecular weight is 407 g/mol. The fourth-order valence-corrected chi connectivity index (χ4v) is 3.38. The predicted molar refractivity (Wildman–Crippen MR) is 99.1 cm³/mol. The Morgan fingerprint density at radius 1 is 1.29 bits per heavy atom. The van der Waals surface area contributed by atoms with E-state index in [0.717, 1.165) is 0 Å². The molecule has 1 aliphatic heterocycles. The summed E-state index contributed by atoms with van der Waals surface area (Å²) in [7, 11) is 0. The molecule has 148 valence electrons. The first-order valence-electron chi connectivity index (χ1n) is 8.43. The van der Waals surface area contributed by atoms with E-state index in [2.05, 4.69) is 20.8 Å². The monoisotopic (exact) mass is 407 g/mol. The predicted octanol–water partition coefficient (Wildman–Crippen LogP) is 1.44. The van der Waals surface area contributed by atoms with E-state index < -0.39 is 18.0 Å². The number of cyclic esters (lactones) is 1. The molecule has 2 N–H and O–H groups in total.